The summed E-state index contributed by atoms with van der Waals surface area (Å²) in [5, 5.41) is 5.96. The third-order valence-corrected chi connectivity index (χ3v) is 9.10. The van der Waals surface area contributed by atoms with Crippen molar-refractivity contribution in [3.63, 3.8) is 0 Å². The molecule has 4 rings (SSSR count). The molecule has 2 heterocycles. The molecule has 1 unspecified atom stereocenters. The lowest BCUT2D eigenvalue weighted by molar-refractivity contribution is -0.120. The Balaban J connectivity index is 1.41. The molecule has 0 bridgehead atoms. The number of carbonyl (C=O) groups excluding carboxylic acids is 2. The molecule has 10 heteroatoms. The molecule has 1 aromatic carbocycles. The van der Waals surface area contributed by atoms with E-state index in [1.54, 1.807) is 30.3 Å². The maximum atomic E-state index is 12.9. The van der Waals surface area contributed by atoms with E-state index in [0.717, 1.165) is 17.7 Å². The Bertz CT molecular complexity index is 1110. The number of carbonyl (C=O) groups is 2. The predicted octanol–water partition coefficient (Wildman–Crippen LogP) is 3.64. The van der Waals surface area contributed by atoms with Gasteiger partial charge in [-0.05, 0) is 62.9 Å². The van der Waals surface area contributed by atoms with Crippen molar-refractivity contribution in [1.29, 1.82) is 0 Å². The molecule has 2 amide bonds. The molecule has 1 atom stereocenters. The highest BCUT2D eigenvalue weighted by Crippen LogP contribution is 2.29. The number of hydrogen-bond acceptors (Lipinski definition) is 5. The zero-order valence-corrected chi connectivity index (χ0v) is 19.4. The van der Waals surface area contributed by atoms with E-state index < -0.39 is 15.9 Å². The fourth-order valence-corrected chi connectivity index (χ4v) is 6.79. The number of hydrogen-bond donors (Lipinski definition) is 2. The van der Waals surface area contributed by atoms with E-state index in [9.17, 15) is 18.0 Å². The van der Waals surface area contributed by atoms with Crippen molar-refractivity contribution in [2.24, 2.45) is 5.92 Å². The van der Waals surface area contributed by atoms with Crippen molar-refractivity contribution in [3.05, 3.63) is 45.8 Å². The maximum Gasteiger partial charge on any atom is 0.253 e. The number of nitrogens with zero attached hydrogens (tertiary/aromatic N) is 1. The van der Waals surface area contributed by atoms with E-state index in [4.69, 9.17) is 11.6 Å². The number of amides is 2. The fourth-order valence-electron chi connectivity index (χ4n) is 3.56. The van der Waals surface area contributed by atoms with Crippen LogP contribution in [0.25, 0.3) is 0 Å². The van der Waals surface area contributed by atoms with Crippen LogP contribution < -0.4 is 10.6 Å². The van der Waals surface area contributed by atoms with Crippen LogP contribution >= 0.6 is 22.9 Å². The van der Waals surface area contributed by atoms with E-state index in [2.05, 4.69) is 10.6 Å². The molecular formula is C21H24ClN3O4S2. The highest BCUT2D eigenvalue weighted by molar-refractivity contribution is 7.91. The molecule has 2 aliphatic rings. The summed E-state index contributed by atoms with van der Waals surface area (Å²) < 4.78 is 27.5. The van der Waals surface area contributed by atoms with Gasteiger partial charge >= 0.3 is 0 Å². The summed E-state index contributed by atoms with van der Waals surface area (Å²) in [7, 11) is -3.60. The zero-order chi connectivity index (χ0) is 22.2. The SMILES string of the molecule is Cc1ccc(S(=O)(=O)N2CCCC(C(=O)Nc3ccc(C(=O)NC4CC4)c(Cl)c3)C2)s1. The molecule has 31 heavy (non-hydrogen) atoms. The first-order valence-electron chi connectivity index (χ1n) is 10.2. The second kappa shape index (κ2) is 8.90. The number of piperidine rings is 1. The first-order valence-corrected chi connectivity index (χ1v) is 12.9. The molecular weight excluding hydrogens is 458 g/mol. The number of halogens is 1. The third kappa shape index (κ3) is 5.11. The minimum absolute atomic E-state index is 0.140. The largest absolute Gasteiger partial charge is 0.349 e. The molecule has 1 aliphatic carbocycles. The molecule has 2 aromatic rings. The second-order valence-electron chi connectivity index (χ2n) is 8.00. The average Bonchev–Trinajstić information content (AvgIpc) is 3.44. The molecule has 1 aliphatic heterocycles. The van der Waals surface area contributed by atoms with Crippen LogP contribution in [-0.2, 0) is 14.8 Å². The van der Waals surface area contributed by atoms with E-state index in [1.807, 2.05) is 6.92 Å². The molecule has 0 radical (unpaired) electrons. The van der Waals surface area contributed by atoms with E-state index in [1.165, 1.54) is 15.6 Å². The predicted molar refractivity (Wildman–Crippen MR) is 121 cm³/mol. The van der Waals surface area contributed by atoms with Crippen LogP contribution in [0.2, 0.25) is 5.02 Å². The monoisotopic (exact) mass is 481 g/mol. The summed E-state index contributed by atoms with van der Waals surface area (Å²) in [5.41, 5.74) is 0.847. The average molecular weight is 482 g/mol. The van der Waals surface area contributed by atoms with Gasteiger partial charge in [0.1, 0.15) is 4.21 Å². The van der Waals surface area contributed by atoms with Gasteiger partial charge in [0.05, 0.1) is 16.5 Å². The standard InChI is InChI=1S/C21H24ClN3O4S2/c1-13-4-9-19(30-13)31(28,29)25-10-2-3-14(12-25)20(26)24-16-7-8-17(18(22)11-16)21(27)23-15-5-6-15/h4,7-9,11,14-15H,2-3,5-6,10,12H2,1H3,(H,23,27)(H,24,26). The fraction of sp³-hybridized carbons (Fsp3) is 0.429. The van der Waals surface area contributed by atoms with Gasteiger partial charge < -0.3 is 10.6 Å². The van der Waals surface area contributed by atoms with E-state index in [0.29, 0.717) is 34.8 Å². The van der Waals surface area contributed by atoms with Crippen molar-refractivity contribution < 1.29 is 18.0 Å². The summed E-state index contributed by atoms with van der Waals surface area (Å²) in [6.45, 7) is 2.41. The first-order chi connectivity index (χ1) is 14.7. The molecule has 1 aromatic heterocycles. The van der Waals surface area contributed by atoms with Crippen molar-refractivity contribution in [2.75, 3.05) is 18.4 Å². The summed E-state index contributed by atoms with van der Waals surface area (Å²) >= 11 is 7.49. The lowest BCUT2D eigenvalue weighted by Gasteiger charge is -2.30. The van der Waals surface area contributed by atoms with Gasteiger partial charge in [-0.25, -0.2) is 8.42 Å². The third-order valence-electron chi connectivity index (χ3n) is 5.46. The van der Waals surface area contributed by atoms with Crippen LogP contribution in [0.5, 0.6) is 0 Å². The summed E-state index contributed by atoms with van der Waals surface area (Å²) in [6, 6.07) is 8.40. The van der Waals surface area contributed by atoms with Gasteiger partial charge in [-0.1, -0.05) is 11.6 Å². The lowest BCUT2D eigenvalue weighted by atomic mass is 9.98. The van der Waals surface area contributed by atoms with Gasteiger partial charge in [0.15, 0.2) is 0 Å². The Labute approximate surface area is 190 Å². The maximum absolute atomic E-state index is 12.9. The van der Waals surface area contributed by atoms with Gasteiger partial charge in [0, 0.05) is 29.7 Å². The summed E-state index contributed by atoms with van der Waals surface area (Å²) in [4.78, 5) is 25.9. The Kier molecular flexibility index (Phi) is 6.39. The number of nitrogens with one attached hydrogen (secondary N) is 2. The van der Waals surface area contributed by atoms with Crippen LogP contribution in [0.3, 0.4) is 0 Å². The number of benzene rings is 1. The molecule has 7 nitrogen and oxygen atoms in total. The molecule has 2 fully saturated rings. The Morgan fingerprint density at radius 2 is 1.94 bits per heavy atom. The van der Waals surface area contributed by atoms with Gasteiger partial charge in [0.2, 0.25) is 5.91 Å². The highest BCUT2D eigenvalue weighted by atomic mass is 35.5. The van der Waals surface area contributed by atoms with Crippen LogP contribution in [-0.4, -0.2) is 43.7 Å². The minimum Gasteiger partial charge on any atom is -0.349 e. The number of sulfonamides is 1. The Hall–Kier alpha value is -1.94. The topological polar surface area (TPSA) is 95.6 Å². The van der Waals surface area contributed by atoms with Crippen LogP contribution in [0.15, 0.2) is 34.5 Å². The zero-order valence-electron chi connectivity index (χ0n) is 17.1. The Morgan fingerprint density at radius 1 is 1.16 bits per heavy atom. The number of thiophene rings is 1. The lowest BCUT2D eigenvalue weighted by Crippen LogP contribution is -2.43. The van der Waals surface area contributed by atoms with E-state index >= 15 is 0 Å². The van der Waals surface area contributed by atoms with Crippen LogP contribution in [0.1, 0.15) is 40.9 Å². The number of anilines is 1. The molecule has 166 valence electrons. The highest BCUT2D eigenvalue weighted by Gasteiger charge is 2.34. The molecule has 1 saturated carbocycles. The van der Waals surface area contributed by atoms with Crippen LogP contribution in [0, 0.1) is 12.8 Å². The van der Waals surface area contributed by atoms with Crippen molar-refractivity contribution in [2.45, 2.75) is 42.9 Å². The van der Waals surface area contributed by atoms with Gasteiger partial charge in [-0.15, -0.1) is 11.3 Å². The smallest absolute Gasteiger partial charge is 0.253 e. The van der Waals surface area contributed by atoms with Crippen molar-refractivity contribution in [3.8, 4) is 0 Å². The Morgan fingerprint density at radius 3 is 2.58 bits per heavy atom. The van der Waals surface area contributed by atoms with E-state index in [-0.39, 0.29) is 29.4 Å². The van der Waals surface area contributed by atoms with Gasteiger partial charge in [-0.2, -0.15) is 4.31 Å². The summed E-state index contributed by atoms with van der Waals surface area (Å²) in [6.07, 6.45) is 3.19. The number of aryl methyl sites for hydroxylation is 1. The van der Waals surface area contributed by atoms with Crippen molar-refractivity contribution in [1.82, 2.24) is 9.62 Å². The molecule has 1 saturated heterocycles. The van der Waals surface area contributed by atoms with Crippen molar-refractivity contribution >= 4 is 50.5 Å². The number of rotatable bonds is 6. The second-order valence-corrected chi connectivity index (χ2v) is 11.9. The minimum atomic E-state index is -3.60. The quantitative estimate of drug-likeness (QED) is 0.658. The normalized spacial score (nSPS) is 19.7. The summed E-state index contributed by atoms with van der Waals surface area (Å²) in [5.74, 6) is -0.933. The van der Waals surface area contributed by atoms with Crippen LogP contribution in [0.4, 0.5) is 5.69 Å². The van der Waals surface area contributed by atoms with Gasteiger partial charge in [0.25, 0.3) is 15.9 Å². The first kappa shape index (κ1) is 22.3. The molecule has 2 N–H and O–H groups in total. The molecule has 0 spiro atoms. The van der Waals surface area contributed by atoms with Gasteiger partial charge in [-0.3, -0.25) is 9.59 Å².